The first-order chi connectivity index (χ1) is 11.9. The maximum atomic E-state index is 11.8. The van der Waals surface area contributed by atoms with Crippen LogP contribution in [0, 0.1) is 12.8 Å². The Balaban J connectivity index is 1.84. The minimum atomic E-state index is -2.86. The highest BCUT2D eigenvalue weighted by Gasteiger charge is 2.27. The van der Waals surface area contributed by atoms with Gasteiger partial charge < -0.3 is 9.15 Å². The van der Waals surface area contributed by atoms with Gasteiger partial charge in [-0.3, -0.25) is 0 Å². The first-order valence-corrected chi connectivity index (χ1v) is 10.6. The first-order valence-electron chi connectivity index (χ1n) is 8.78. The minimum absolute atomic E-state index is 0.175. The lowest BCUT2D eigenvalue weighted by molar-refractivity contribution is 0.288. The van der Waals surface area contributed by atoms with Crippen LogP contribution in [0.4, 0.5) is 0 Å². The van der Waals surface area contributed by atoms with E-state index in [1.807, 2.05) is 19.1 Å². The quantitative estimate of drug-likeness (QED) is 0.736. The van der Waals surface area contributed by atoms with Crippen LogP contribution >= 0.6 is 0 Å². The van der Waals surface area contributed by atoms with Gasteiger partial charge in [0, 0.05) is 6.07 Å². The molecule has 1 aromatic carbocycles. The van der Waals surface area contributed by atoms with Crippen LogP contribution in [0.3, 0.4) is 0 Å². The standard InChI is InChI=1S/C19H24O5S/c1-3-4-15-11-18(20)24-17-10-13(2)9-16(19(15)17)23-7-5-14-6-8-25(21,22)12-14/h9-11,14H,3-8,12H2,1-2H3. The molecule has 6 heteroatoms. The molecule has 1 aliphatic heterocycles. The lowest BCUT2D eigenvalue weighted by Gasteiger charge is -2.14. The van der Waals surface area contributed by atoms with Crippen molar-refractivity contribution in [1.82, 2.24) is 0 Å². The molecule has 1 atom stereocenters. The van der Waals surface area contributed by atoms with E-state index < -0.39 is 9.84 Å². The highest BCUT2D eigenvalue weighted by Crippen LogP contribution is 2.31. The van der Waals surface area contributed by atoms with Crippen molar-refractivity contribution in [3.8, 4) is 5.75 Å². The van der Waals surface area contributed by atoms with Crippen molar-refractivity contribution in [3.63, 3.8) is 0 Å². The van der Waals surface area contributed by atoms with E-state index in [1.165, 1.54) is 6.07 Å². The Morgan fingerprint density at radius 2 is 2.08 bits per heavy atom. The summed E-state index contributed by atoms with van der Waals surface area (Å²) in [6.07, 6.45) is 3.14. The van der Waals surface area contributed by atoms with Crippen LogP contribution in [0.2, 0.25) is 0 Å². The molecule has 0 saturated carbocycles. The number of fused-ring (bicyclic) bond motifs is 1. The molecule has 1 fully saturated rings. The smallest absolute Gasteiger partial charge is 0.336 e. The molecule has 1 aromatic heterocycles. The average Bonchev–Trinajstić information content (AvgIpc) is 2.85. The van der Waals surface area contributed by atoms with Crippen molar-refractivity contribution >= 4 is 20.8 Å². The Labute approximate surface area is 147 Å². The summed E-state index contributed by atoms with van der Waals surface area (Å²) in [5.41, 5.74) is 2.10. The molecular formula is C19H24O5S. The molecule has 5 nitrogen and oxygen atoms in total. The van der Waals surface area contributed by atoms with Gasteiger partial charge in [-0.05, 0) is 55.4 Å². The maximum Gasteiger partial charge on any atom is 0.336 e. The summed E-state index contributed by atoms with van der Waals surface area (Å²) in [5, 5.41) is 0.853. The molecule has 0 bridgehead atoms. The van der Waals surface area contributed by atoms with E-state index in [4.69, 9.17) is 9.15 Å². The van der Waals surface area contributed by atoms with Crippen LogP contribution in [-0.2, 0) is 16.3 Å². The topological polar surface area (TPSA) is 73.6 Å². The normalized spacial score (nSPS) is 19.4. The minimum Gasteiger partial charge on any atom is -0.493 e. The molecule has 0 aliphatic carbocycles. The third-order valence-corrected chi connectivity index (χ3v) is 6.50. The highest BCUT2D eigenvalue weighted by atomic mass is 32.2. The van der Waals surface area contributed by atoms with Gasteiger partial charge in [-0.2, -0.15) is 0 Å². The predicted octanol–water partition coefficient (Wildman–Crippen LogP) is 3.26. The Bertz CT molecular complexity index is 927. The summed E-state index contributed by atoms with van der Waals surface area (Å²) >= 11 is 0. The van der Waals surface area contributed by atoms with Crippen molar-refractivity contribution in [2.45, 2.75) is 39.5 Å². The summed E-state index contributed by atoms with van der Waals surface area (Å²) in [7, 11) is -2.86. The van der Waals surface area contributed by atoms with E-state index in [-0.39, 0.29) is 23.0 Å². The number of hydrogen-bond donors (Lipinski definition) is 0. The molecule has 1 aliphatic rings. The fraction of sp³-hybridized carbons (Fsp3) is 0.526. The van der Waals surface area contributed by atoms with E-state index in [2.05, 4.69) is 6.92 Å². The number of ether oxygens (including phenoxy) is 1. The lowest BCUT2D eigenvalue weighted by Crippen LogP contribution is -2.10. The van der Waals surface area contributed by atoms with Crippen LogP contribution in [0.15, 0.2) is 27.4 Å². The second kappa shape index (κ2) is 7.20. The molecule has 25 heavy (non-hydrogen) atoms. The van der Waals surface area contributed by atoms with E-state index in [1.54, 1.807) is 0 Å². The molecule has 0 N–H and O–H groups in total. The van der Waals surface area contributed by atoms with Crippen molar-refractivity contribution in [1.29, 1.82) is 0 Å². The zero-order valence-corrected chi connectivity index (χ0v) is 15.5. The predicted molar refractivity (Wildman–Crippen MR) is 98.1 cm³/mol. The number of hydrogen-bond acceptors (Lipinski definition) is 5. The van der Waals surface area contributed by atoms with Gasteiger partial charge in [-0.1, -0.05) is 13.3 Å². The Morgan fingerprint density at radius 3 is 2.76 bits per heavy atom. The summed E-state index contributed by atoms with van der Waals surface area (Å²) in [5.74, 6) is 1.44. The summed E-state index contributed by atoms with van der Waals surface area (Å²) in [6, 6.07) is 5.34. The van der Waals surface area contributed by atoms with Crippen molar-refractivity contribution in [2.24, 2.45) is 5.92 Å². The van der Waals surface area contributed by atoms with Crippen molar-refractivity contribution in [2.75, 3.05) is 18.1 Å². The molecule has 136 valence electrons. The average molecular weight is 364 g/mol. The molecule has 0 amide bonds. The van der Waals surface area contributed by atoms with Gasteiger partial charge in [-0.25, -0.2) is 13.2 Å². The van der Waals surface area contributed by atoms with Gasteiger partial charge in [0.15, 0.2) is 9.84 Å². The molecule has 1 unspecified atom stereocenters. The molecular weight excluding hydrogens is 340 g/mol. The second-order valence-corrected chi connectivity index (χ2v) is 9.11. The van der Waals surface area contributed by atoms with E-state index in [9.17, 15) is 13.2 Å². The summed E-state index contributed by atoms with van der Waals surface area (Å²) in [6.45, 7) is 4.46. The summed E-state index contributed by atoms with van der Waals surface area (Å²) < 4.78 is 34.5. The largest absolute Gasteiger partial charge is 0.493 e. The number of benzene rings is 1. The Hall–Kier alpha value is -1.82. The molecule has 1 saturated heterocycles. The lowest BCUT2D eigenvalue weighted by atomic mass is 10.0. The van der Waals surface area contributed by atoms with Gasteiger partial charge in [0.25, 0.3) is 0 Å². The third-order valence-electron chi connectivity index (χ3n) is 4.66. The van der Waals surface area contributed by atoms with Gasteiger partial charge in [-0.15, -0.1) is 0 Å². The highest BCUT2D eigenvalue weighted by molar-refractivity contribution is 7.91. The fourth-order valence-electron chi connectivity index (χ4n) is 3.49. The van der Waals surface area contributed by atoms with Crippen LogP contribution in [0.5, 0.6) is 5.75 Å². The molecule has 0 radical (unpaired) electrons. The van der Waals surface area contributed by atoms with E-state index in [0.29, 0.717) is 24.4 Å². The third kappa shape index (κ3) is 4.24. The summed E-state index contributed by atoms with van der Waals surface area (Å²) in [4.78, 5) is 11.8. The van der Waals surface area contributed by atoms with Crippen molar-refractivity contribution < 1.29 is 17.6 Å². The van der Waals surface area contributed by atoms with Crippen LogP contribution < -0.4 is 10.4 Å². The van der Waals surface area contributed by atoms with Gasteiger partial charge in [0.05, 0.1) is 23.5 Å². The van der Waals surface area contributed by atoms with Crippen LogP contribution in [-0.4, -0.2) is 26.5 Å². The fourth-order valence-corrected chi connectivity index (χ4v) is 5.40. The first kappa shape index (κ1) is 18.0. The zero-order valence-electron chi connectivity index (χ0n) is 14.7. The van der Waals surface area contributed by atoms with E-state index in [0.717, 1.165) is 35.8 Å². The van der Waals surface area contributed by atoms with Gasteiger partial charge in [0.1, 0.15) is 11.3 Å². The Kier molecular flexibility index (Phi) is 5.18. The number of aryl methyl sites for hydroxylation is 2. The molecule has 2 heterocycles. The van der Waals surface area contributed by atoms with Gasteiger partial charge in [0.2, 0.25) is 0 Å². The van der Waals surface area contributed by atoms with Crippen molar-refractivity contribution in [3.05, 3.63) is 39.7 Å². The molecule has 2 aromatic rings. The molecule has 0 spiro atoms. The van der Waals surface area contributed by atoms with Crippen LogP contribution in [0.1, 0.15) is 37.3 Å². The Morgan fingerprint density at radius 1 is 1.28 bits per heavy atom. The SMILES string of the molecule is CCCc1cc(=O)oc2cc(C)cc(OCCC3CCS(=O)(=O)C3)c12. The van der Waals surface area contributed by atoms with Gasteiger partial charge >= 0.3 is 5.63 Å². The monoisotopic (exact) mass is 364 g/mol. The molecule has 3 rings (SSSR count). The zero-order chi connectivity index (χ0) is 18.0. The number of sulfone groups is 1. The number of rotatable bonds is 6. The maximum absolute atomic E-state index is 11.8. The van der Waals surface area contributed by atoms with Crippen LogP contribution in [0.25, 0.3) is 11.0 Å². The second-order valence-electron chi connectivity index (χ2n) is 6.88. The van der Waals surface area contributed by atoms with E-state index >= 15 is 0 Å².